The van der Waals surface area contributed by atoms with Crippen LogP contribution in [0.1, 0.15) is 6.92 Å². The molecule has 5 heteroatoms. The van der Waals surface area contributed by atoms with E-state index < -0.39 is 5.38 Å². The Morgan fingerprint density at radius 1 is 1.77 bits per heavy atom. The molecular formula is C8H8BrClN2O. The van der Waals surface area contributed by atoms with E-state index in [9.17, 15) is 4.79 Å². The van der Waals surface area contributed by atoms with Crippen LogP contribution in [-0.2, 0) is 4.79 Å². The number of carbonyl (C=O) groups is 1. The Bertz CT molecular complexity index is 317. The number of hydrogen-bond donors (Lipinski definition) is 1. The van der Waals surface area contributed by atoms with Gasteiger partial charge in [-0.1, -0.05) is 0 Å². The molecule has 0 aliphatic rings. The summed E-state index contributed by atoms with van der Waals surface area (Å²) in [6, 6.07) is 3.40. The van der Waals surface area contributed by atoms with Gasteiger partial charge in [0.2, 0.25) is 5.91 Å². The highest BCUT2D eigenvalue weighted by molar-refractivity contribution is 9.10. The molecule has 0 saturated carbocycles. The summed E-state index contributed by atoms with van der Waals surface area (Å²) in [5.74, 6) is -0.222. The Hall–Kier alpha value is -0.610. The summed E-state index contributed by atoms with van der Waals surface area (Å²) in [6.45, 7) is 1.62. The lowest BCUT2D eigenvalue weighted by Crippen LogP contribution is -2.20. The topological polar surface area (TPSA) is 42.0 Å². The van der Waals surface area contributed by atoms with Crippen molar-refractivity contribution in [2.75, 3.05) is 5.32 Å². The number of hydrogen-bond acceptors (Lipinski definition) is 2. The van der Waals surface area contributed by atoms with E-state index in [4.69, 9.17) is 11.6 Å². The standard InChI is InChI=1S/C8H8BrClN2O/c1-5(10)8(13)12-6-2-3-11-7(9)4-6/h2-5H,1H3,(H,11,12,13). The van der Waals surface area contributed by atoms with Gasteiger partial charge in [0.25, 0.3) is 0 Å². The fourth-order valence-corrected chi connectivity index (χ4v) is 1.14. The van der Waals surface area contributed by atoms with Crippen molar-refractivity contribution in [3.8, 4) is 0 Å². The number of carbonyl (C=O) groups excluding carboxylic acids is 1. The second-order valence-corrected chi connectivity index (χ2v) is 3.94. The molecule has 0 fully saturated rings. The Morgan fingerprint density at radius 3 is 3.00 bits per heavy atom. The van der Waals surface area contributed by atoms with E-state index in [2.05, 4.69) is 26.2 Å². The second kappa shape index (κ2) is 4.58. The van der Waals surface area contributed by atoms with Gasteiger partial charge < -0.3 is 5.32 Å². The first kappa shape index (κ1) is 10.5. The number of anilines is 1. The molecule has 0 bridgehead atoms. The molecule has 0 aliphatic heterocycles. The lowest BCUT2D eigenvalue weighted by atomic mass is 10.3. The molecular weight excluding hydrogens is 255 g/mol. The molecule has 0 aliphatic carbocycles. The second-order valence-electron chi connectivity index (χ2n) is 2.47. The van der Waals surface area contributed by atoms with Crippen LogP contribution in [0.4, 0.5) is 5.69 Å². The van der Waals surface area contributed by atoms with Crippen molar-refractivity contribution >= 4 is 39.1 Å². The zero-order valence-corrected chi connectivity index (χ0v) is 9.26. The zero-order valence-electron chi connectivity index (χ0n) is 6.92. The van der Waals surface area contributed by atoms with Gasteiger partial charge in [-0.2, -0.15) is 0 Å². The molecule has 1 aromatic heterocycles. The molecule has 1 atom stereocenters. The summed E-state index contributed by atoms with van der Waals surface area (Å²) in [6.07, 6.45) is 1.60. The lowest BCUT2D eigenvalue weighted by Gasteiger charge is -2.05. The SMILES string of the molecule is CC(Cl)C(=O)Nc1ccnc(Br)c1. The third-order valence-electron chi connectivity index (χ3n) is 1.36. The number of halogens is 2. The number of rotatable bonds is 2. The maximum atomic E-state index is 11.1. The number of pyridine rings is 1. The van der Waals surface area contributed by atoms with E-state index in [1.165, 1.54) is 0 Å². The van der Waals surface area contributed by atoms with Crippen molar-refractivity contribution in [2.24, 2.45) is 0 Å². The van der Waals surface area contributed by atoms with Gasteiger partial charge in [-0.05, 0) is 35.0 Å². The van der Waals surface area contributed by atoms with E-state index in [1.54, 1.807) is 25.3 Å². The minimum atomic E-state index is -0.535. The molecule has 1 heterocycles. The molecule has 0 aromatic carbocycles. The van der Waals surface area contributed by atoms with Crippen LogP contribution >= 0.6 is 27.5 Å². The molecule has 0 radical (unpaired) electrons. The fraction of sp³-hybridized carbons (Fsp3) is 0.250. The highest BCUT2D eigenvalue weighted by Crippen LogP contribution is 2.13. The average molecular weight is 264 g/mol. The predicted octanol–water partition coefficient (Wildman–Crippen LogP) is 2.41. The number of alkyl halides is 1. The number of nitrogens with one attached hydrogen (secondary N) is 1. The molecule has 1 N–H and O–H groups in total. The van der Waals surface area contributed by atoms with E-state index in [-0.39, 0.29) is 5.91 Å². The molecule has 1 aromatic rings. The van der Waals surface area contributed by atoms with Crippen molar-refractivity contribution in [2.45, 2.75) is 12.3 Å². The maximum absolute atomic E-state index is 11.1. The van der Waals surface area contributed by atoms with Crippen molar-refractivity contribution in [1.29, 1.82) is 0 Å². The van der Waals surface area contributed by atoms with Crippen LogP contribution in [0.5, 0.6) is 0 Å². The average Bonchev–Trinajstić information content (AvgIpc) is 2.04. The highest BCUT2D eigenvalue weighted by Gasteiger charge is 2.08. The summed E-state index contributed by atoms with van der Waals surface area (Å²) >= 11 is 8.77. The van der Waals surface area contributed by atoms with Gasteiger partial charge in [0, 0.05) is 11.9 Å². The van der Waals surface area contributed by atoms with Crippen LogP contribution in [0.3, 0.4) is 0 Å². The highest BCUT2D eigenvalue weighted by atomic mass is 79.9. The molecule has 0 spiro atoms. The molecule has 1 amide bonds. The van der Waals surface area contributed by atoms with Gasteiger partial charge in [-0.25, -0.2) is 4.98 Å². The molecule has 1 rings (SSSR count). The van der Waals surface area contributed by atoms with Crippen LogP contribution in [0, 0.1) is 0 Å². The molecule has 1 unspecified atom stereocenters. The summed E-state index contributed by atoms with van der Waals surface area (Å²) in [4.78, 5) is 15.1. The number of nitrogens with zero attached hydrogens (tertiary/aromatic N) is 1. The Balaban J connectivity index is 2.69. The third-order valence-corrected chi connectivity index (χ3v) is 1.99. The molecule has 0 saturated heterocycles. The third kappa shape index (κ3) is 3.32. The molecule has 3 nitrogen and oxygen atoms in total. The maximum Gasteiger partial charge on any atom is 0.242 e. The van der Waals surface area contributed by atoms with Crippen molar-refractivity contribution in [3.05, 3.63) is 22.9 Å². The van der Waals surface area contributed by atoms with Gasteiger partial charge in [-0.15, -0.1) is 11.6 Å². The Kier molecular flexibility index (Phi) is 3.69. The fourth-order valence-electron chi connectivity index (χ4n) is 0.722. The number of amides is 1. The lowest BCUT2D eigenvalue weighted by molar-refractivity contribution is -0.115. The first-order valence-electron chi connectivity index (χ1n) is 3.66. The van der Waals surface area contributed by atoms with Crippen LogP contribution in [0.15, 0.2) is 22.9 Å². The van der Waals surface area contributed by atoms with Crippen LogP contribution in [-0.4, -0.2) is 16.3 Å². The first-order chi connectivity index (χ1) is 6.09. The minimum Gasteiger partial charge on any atom is -0.325 e. The summed E-state index contributed by atoms with van der Waals surface area (Å²) in [5, 5.41) is 2.11. The van der Waals surface area contributed by atoms with E-state index >= 15 is 0 Å². The van der Waals surface area contributed by atoms with Crippen LogP contribution < -0.4 is 5.32 Å². The normalized spacial score (nSPS) is 12.2. The van der Waals surface area contributed by atoms with E-state index in [1.807, 2.05) is 0 Å². The predicted molar refractivity (Wildman–Crippen MR) is 55.9 cm³/mol. The van der Waals surface area contributed by atoms with Gasteiger partial charge in [0.1, 0.15) is 9.98 Å². The monoisotopic (exact) mass is 262 g/mol. The minimum absolute atomic E-state index is 0.222. The van der Waals surface area contributed by atoms with Gasteiger partial charge in [0.15, 0.2) is 0 Å². The quantitative estimate of drug-likeness (QED) is 0.658. The first-order valence-corrected chi connectivity index (χ1v) is 4.89. The summed E-state index contributed by atoms with van der Waals surface area (Å²) in [5.41, 5.74) is 0.680. The van der Waals surface area contributed by atoms with Crippen LogP contribution in [0.2, 0.25) is 0 Å². The van der Waals surface area contributed by atoms with E-state index in [0.29, 0.717) is 10.3 Å². The molecule has 13 heavy (non-hydrogen) atoms. The van der Waals surface area contributed by atoms with Gasteiger partial charge in [-0.3, -0.25) is 4.79 Å². The zero-order chi connectivity index (χ0) is 9.84. The Morgan fingerprint density at radius 2 is 2.46 bits per heavy atom. The van der Waals surface area contributed by atoms with Crippen molar-refractivity contribution in [1.82, 2.24) is 4.98 Å². The largest absolute Gasteiger partial charge is 0.325 e. The summed E-state index contributed by atoms with van der Waals surface area (Å²) < 4.78 is 0.674. The van der Waals surface area contributed by atoms with Gasteiger partial charge >= 0.3 is 0 Å². The molecule has 70 valence electrons. The van der Waals surface area contributed by atoms with Gasteiger partial charge in [0.05, 0.1) is 0 Å². The summed E-state index contributed by atoms with van der Waals surface area (Å²) in [7, 11) is 0. The van der Waals surface area contributed by atoms with Crippen LogP contribution in [0.25, 0.3) is 0 Å². The Labute approximate surface area is 89.6 Å². The van der Waals surface area contributed by atoms with Crippen molar-refractivity contribution in [3.63, 3.8) is 0 Å². The van der Waals surface area contributed by atoms with Crippen molar-refractivity contribution < 1.29 is 4.79 Å². The smallest absolute Gasteiger partial charge is 0.242 e. The number of aromatic nitrogens is 1. The van der Waals surface area contributed by atoms with E-state index in [0.717, 1.165) is 0 Å².